The van der Waals surface area contributed by atoms with Crippen LogP contribution in [0.15, 0.2) is 12.1 Å². The maximum Gasteiger partial charge on any atom is 0.336 e. The van der Waals surface area contributed by atoms with Crippen LogP contribution < -0.4 is 0 Å². The Hall–Kier alpha value is -2.04. The highest BCUT2D eigenvalue weighted by Crippen LogP contribution is 2.48. The Balaban J connectivity index is 2.54. The van der Waals surface area contributed by atoms with Crippen molar-refractivity contribution in [2.75, 3.05) is 0 Å². The number of rotatable bonds is 1. The van der Waals surface area contributed by atoms with Crippen LogP contribution >= 0.6 is 0 Å². The highest BCUT2D eigenvalue weighted by Gasteiger charge is 2.40. The van der Waals surface area contributed by atoms with Gasteiger partial charge in [-0.05, 0) is 23.3 Å². The molecule has 0 saturated carbocycles. The van der Waals surface area contributed by atoms with E-state index in [0.29, 0.717) is 17.3 Å². The monoisotopic (exact) mass is 291 g/mol. The molecular weight excluding hydrogens is 276 g/mol. The zero-order valence-corrected chi connectivity index (χ0v) is 12.0. The maximum atomic E-state index is 14.1. The van der Waals surface area contributed by atoms with Gasteiger partial charge in [0.25, 0.3) is 0 Å². The van der Waals surface area contributed by atoms with Crippen LogP contribution in [0, 0.1) is 11.6 Å². The summed E-state index contributed by atoms with van der Waals surface area (Å²) in [5.41, 5.74) is 0.787. The van der Waals surface area contributed by atoms with Crippen LogP contribution in [0.1, 0.15) is 54.7 Å². The second-order valence-corrected chi connectivity index (χ2v) is 6.32. The first kappa shape index (κ1) is 13.9. The smallest absolute Gasteiger partial charge is 0.336 e. The normalized spacial score (nSPS) is 19.8. The van der Waals surface area contributed by atoms with Crippen LogP contribution in [0.4, 0.5) is 8.78 Å². The second-order valence-electron chi connectivity index (χ2n) is 6.32. The first-order valence-electron chi connectivity index (χ1n) is 6.79. The van der Waals surface area contributed by atoms with Gasteiger partial charge in [0, 0.05) is 17.8 Å². The molecule has 110 valence electrons. The summed E-state index contributed by atoms with van der Waals surface area (Å²) >= 11 is 0. The van der Waals surface area contributed by atoms with E-state index in [1.54, 1.807) is 0 Å². The van der Waals surface area contributed by atoms with Gasteiger partial charge in [-0.3, -0.25) is 4.98 Å². The lowest BCUT2D eigenvalue weighted by Gasteiger charge is -2.21. The number of halogens is 2. The van der Waals surface area contributed by atoms with Crippen LogP contribution in [-0.4, -0.2) is 16.1 Å². The Kier molecular flexibility index (Phi) is 2.80. The molecular formula is C16H15F2NO2. The molecule has 1 atom stereocenters. The zero-order valence-electron chi connectivity index (χ0n) is 12.0. The number of pyridine rings is 1. The summed E-state index contributed by atoms with van der Waals surface area (Å²) in [4.78, 5) is 16.1. The van der Waals surface area contributed by atoms with Gasteiger partial charge in [-0.1, -0.05) is 20.8 Å². The molecule has 1 N–H and O–H groups in total. The van der Waals surface area contributed by atoms with E-state index in [0.717, 1.165) is 12.5 Å². The number of benzene rings is 1. The van der Waals surface area contributed by atoms with E-state index in [9.17, 15) is 18.7 Å². The fourth-order valence-corrected chi connectivity index (χ4v) is 3.55. The van der Waals surface area contributed by atoms with Gasteiger partial charge in [-0.25, -0.2) is 13.6 Å². The van der Waals surface area contributed by atoms with Crippen molar-refractivity contribution in [3.05, 3.63) is 40.6 Å². The number of hydrogen-bond acceptors (Lipinski definition) is 2. The fourth-order valence-electron chi connectivity index (χ4n) is 3.55. The van der Waals surface area contributed by atoms with Crippen LogP contribution in [0.5, 0.6) is 0 Å². The minimum atomic E-state index is -1.20. The van der Waals surface area contributed by atoms with Gasteiger partial charge in [0.1, 0.15) is 11.6 Å². The van der Waals surface area contributed by atoms with Gasteiger partial charge in [0.15, 0.2) is 0 Å². The number of carboxylic acid groups (broad SMARTS) is 1. The van der Waals surface area contributed by atoms with Gasteiger partial charge in [0.05, 0.1) is 16.5 Å². The molecule has 1 aromatic carbocycles. The molecule has 21 heavy (non-hydrogen) atoms. The quantitative estimate of drug-likeness (QED) is 0.864. The van der Waals surface area contributed by atoms with Crippen molar-refractivity contribution in [2.45, 2.75) is 38.5 Å². The van der Waals surface area contributed by atoms with Crippen LogP contribution in [0.25, 0.3) is 10.9 Å². The van der Waals surface area contributed by atoms with Crippen molar-refractivity contribution in [3.63, 3.8) is 0 Å². The zero-order chi connectivity index (χ0) is 15.5. The molecule has 3 nitrogen and oxygen atoms in total. The number of nitrogens with zero attached hydrogens (tertiary/aromatic N) is 1. The van der Waals surface area contributed by atoms with Crippen LogP contribution in [-0.2, 0) is 5.41 Å². The summed E-state index contributed by atoms with van der Waals surface area (Å²) in [5.74, 6) is -2.78. The van der Waals surface area contributed by atoms with E-state index in [-0.39, 0.29) is 22.4 Å². The molecule has 0 saturated heterocycles. The van der Waals surface area contributed by atoms with Crippen molar-refractivity contribution in [1.29, 1.82) is 0 Å². The van der Waals surface area contributed by atoms with Crippen molar-refractivity contribution in [3.8, 4) is 0 Å². The number of aromatic carboxylic acids is 1. The number of fused-ring (bicyclic) bond motifs is 2. The van der Waals surface area contributed by atoms with Gasteiger partial charge in [-0.2, -0.15) is 0 Å². The average Bonchev–Trinajstić information content (AvgIpc) is 2.56. The molecule has 0 amide bonds. The SMILES string of the molecule is CC1CC(C)(C)c2c1nc1cc(F)cc(F)c1c2C(=O)O. The molecule has 0 radical (unpaired) electrons. The predicted molar refractivity (Wildman–Crippen MR) is 74.7 cm³/mol. The summed E-state index contributed by atoms with van der Waals surface area (Å²) < 4.78 is 27.5. The Morgan fingerprint density at radius 1 is 1.38 bits per heavy atom. The molecule has 0 spiro atoms. The molecule has 2 aromatic rings. The number of aromatic nitrogens is 1. The summed E-state index contributed by atoms with van der Waals surface area (Å²) in [5, 5.41) is 9.46. The summed E-state index contributed by atoms with van der Waals surface area (Å²) in [7, 11) is 0. The number of carboxylic acids is 1. The third kappa shape index (κ3) is 1.91. The van der Waals surface area contributed by atoms with Gasteiger partial charge in [-0.15, -0.1) is 0 Å². The van der Waals surface area contributed by atoms with Gasteiger partial charge < -0.3 is 5.11 Å². The maximum absolute atomic E-state index is 14.1. The fraction of sp³-hybridized carbons (Fsp3) is 0.375. The highest BCUT2D eigenvalue weighted by molar-refractivity contribution is 6.05. The Labute approximate surface area is 120 Å². The van der Waals surface area contributed by atoms with Gasteiger partial charge in [0.2, 0.25) is 0 Å². The molecule has 3 rings (SSSR count). The molecule has 0 bridgehead atoms. The first-order chi connectivity index (χ1) is 9.72. The molecule has 1 aliphatic rings. The molecule has 1 aromatic heterocycles. The topological polar surface area (TPSA) is 50.2 Å². The minimum absolute atomic E-state index is 0.0591. The van der Waals surface area contributed by atoms with Gasteiger partial charge >= 0.3 is 5.97 Å². The number of carbonyl (C=O) groups is 1. The summed E-state index contributed by atoms with van der Waals surface area (Å²) in [6.45, 7) is 5.81. The third-order valence-corrected chi connectivity index (χ3v) is 4.21. The Morgan fingerprint density at radius 2 is 2.05 bits per heavy atom. The highest BCUT2D eigenvalue weighted by atomic mass is 19.1. The van der Waals surface area contributed by atoms with E-state index in [1.165, 1.54) is 0 Å². The van der Waals surface area contributed by atoms with E-state index in [4.69, 9.17) is 0 Å². The van der Waals surface area contributed by atoms with E-state index < -0.39 is 23.0 Å². The van der Waals surface area contributed by atoms with E-state index >= 15 is 0 Å². The Morgan fingerprint density at radius 3 is 2.67 bits per heavy atom. The number of hydrogen-bond donors (Lipinski definition) is 1. The molecule has 5 heteroatoms. The van der Waals surface area contributed by atoms with Crippen molar-refractivity contribution in [2.24, 2.45) is 0 Å². The lowest BCUT2D eigenvalue weighted by molar-refractivity contribution is 0.0696. The average molecular weight is 291 g/mol. The molecule has 0 aliphatic heterocycles. The largest absolute Gasteiger partial charge is 0.478 e. The molecule has 0 fully saturated rings. The predicted octanol–water partition coefficient (Wildman–Crippen LogP) is 4.00. The molecule has 1 aliphatic carbocycles. The molecule has 1 unspecified atom stereocenters. The van der Waals surface area contributed by atoms with Crippen molar-refractivity contribution < 1.29 is 18.7 Å². The first-order valence-corrected chi connectivity index (χ1v) is 6.79. The lowest BCUT2D eigenvalue weighted by Crippen LogP contribution is -2.18. The van der Waals surface area contributed by atoms with Crippen molar-refractivity contribution in [1.82, 2.24) is 4.98 Å². The third-order valence-electron chi connectivity index (χ3n) is 4.21. The molecule has 1 heterocycles. The summed E-state index contributed by atoms with van der Waals surface area (Å²) in [6, 6.07) is 1.79. The van der Waals surface area contributed by atoms with E-state index in [2.05, 4.69) is 4.98 Å². The minimum Gasteiger partial charge on any atom is -0.478 e. The van der Waals surface area contributed by atoms with Crippen LogP contribution in [0.3, 0.4) is 0 Å². The standard InChI is InChI=1S/C16H15F2NO2/c1-7-6-16(2,3)13-12(15(20)21)11-9(18)4-8(17)5-10(11)19-14(7)13/h4-5,7H,6H2,1-3H3,(H,20,21). The second kappa shape index (κ2) is 4.23. The van der Waals surface area contributed by atoms with Crippen LogP contribution in [0.2, 0.25) is 0 Å². The Bertz CT molecular complexity index is 784. The van der Waals surface area contributed by atoms with E-state index in [1.807, 2.05) is 20.8 Å². The summed E-state index contributed by atoms with van der Waals surface area (Å²) in [6.07, 6.45) is 0.732. The van der Waals surface area contributed by atoms with Crippen molar-refractivity contribution >= 4 is 16.9 Å². The lowest BCUT2D eigenvalue weighted by atomic mass is 9.83.